The Morgan fingerprint density at radius 3 is 2.65 bits per heavy atom. The number of carbonyl (C=O) groups excluding carboxylic acids is 1. The number of rotatable bonds is 6. The van der Waals surface area contributed by atoms with Crippen molar-refractivity contribution in [1.82, 2.24) is 5.32 Å². The molecule has 1 aromatic rings. The van der Waals surface area contributed by atoms with Gasteiger partial charge in [0.2, 0.25) is 0 Å². The summed E-state index contributed by atoms with van der Waals surface area (Å²) in [5, 5.41) is 2.79. The minimum Gasteiger partial charge on any atom is -0.483 e. The summed E-state index contributed by atoms with van der Waals surface area (Å²) in [5.74, 6) is -0.347. The molecular formula is C14H19FN2O2S. The fraction of sp³-hybridized carbons (Fsp3) is 0.429. The number of thiocarbonyl (C=S) groups is 1. The first-order valence-electron chi connectivity index (χ1n) is 6.33. The van der Waals surface area contributed by atoms with E-state index < -0.39 is 5.82 Å². The molecule has 110 valence electrons. The molecule has 0 bridgehead atoms. The lowest BCUT2D eigenvalue weighted by Crippen LogP contribution is -2.39. The normalized spacial score (nSPS) is 12.1. The highest BCUT2D eigenvalue weighted by Crippen LogP contribution is 2.21. The minimum atomic E-state index is -0.564. The average molecular weight is 298 g/mol. The largest absolute Gasteiger partial charge is 0.483 e. The number of carbonyl (C=O) groups is 1. The predicted molar refractivity (Wildman–Crippen MR) is 80.2 cm³/mol. The van der Waals surface area contributed by atoms with Gasteiger partial charge in [-0.2, -0.15) is 0 Å². The van der Waals surface area contributed by atoms with Crippen molar-refractivity contribution >= 4 is 23.1 Å². The van der Waals surface area contributed by atoms with Crippen LogP contribution in [-0.2, 0) is 4.79 Å². The van der Waals surface area contributed by atoms with Crippen molar-refractivity contribution < 1.29 is 13.9 Å². The van der Waals surface area contributed by atoms with E-state index in [1.165, 1.54) is 18.2 Å². The molecule has 0 radical (unpaired) electrons. The number of benzene rings is 1. The van der Waals surface area contributed by atoms with Crippen LogP contribution in [0.3, 0.4) is 0 Å². The maximum atomic E-state index is 13.6. The van der Waals surface area contributed by atoms with E-state index in [0.717, 1.165) is 0 Å². The Morgan fingerprint density at radius 1 is 1.45 bits per heavy atom. The van der Waals surface area contributed by atoms with Gasteiger partial charge in [-0.05, 0) is 25.0 Å². The van der Waals surface area contributed by atoms with Gasteiger partial charge in [0.1, 0.15) is 16.6 Å². The van der Waals surface area contributed by atoms with E-state index in [4.69, 9.17) is 22.7 Å². The summed E-state index contributed by atoms with van der Waals surface area (Å²) in [4.78, 5) is 11.6. The van der Waals surface area contributed by atoms with Crippen LogP contribution in [0.25, 0.3) is 0 Å². The number of hydrogen-bond donors (Lipinski definition) is 2. The van der Waals surface area contributed by atoms with Crippen molar-refractivity contribution in [3.8, 4) is 5.75 Å². The Hall–Kier alpha value is -1.69. The number of amides is 1. The van der Waals surface area contributed by atoms with E-state index in [-0.39, 0.29) is 34.9 Å². The second-order valence-corrected chi connectivity index (χ2v) is 5.31. The summed E-state index contributed by atoms with van der Waals surface area (Å²) in [7, 11) is 0. The van der Waals surface area contributed by atoms with E-state index in [1.807, 2.05) is 20.8 Å². The number of ether oxygens (including phenoxy) is 1. The maximum absolute atomic E-state index is 13.6. The molecule has 1 amide bonds. The van der Waals surface area contributed by atoms with Crippen LogP contribution in [0.1, 0.15) is 26.3 Å². The van der Waals surface area contributed by atoms with Crippen LogP contribution < -0.4 is 15.8 Å². The second-order valence-electron chi connectivity index (χ2n) is 4.87. The van der Waals surface area contributed by atoms with Crippen LogP contribution in [0.2, 0.25) is 0 Å². The summed E-state index contributed by atoms with van der Waals surface area (Å²) < 4.78 is 18.9. The second kappa shape index (κ2) is 7.19. The molecule has 0 heterocycles. The highest BCUT2D eigenvalue weighted by Gasteiger charge is 2.15. The molecule has 3 N–H and O–H groups in total. The summed E-state index contributed by atoms with van der Waals surface area (Å²) in [6.45, 7) is 5.70. The van der Waals surface area contributed by atoms with Crippen molar-refractivity contribution in [2.45, 2.75) is 26.8 Å². The van der Waals surface area contributed by atoms with Crippen molar-refractivity contribution in [3.05, 3.63) is 29.6 Å². The standard InChI is InChI=1S/C14H19FN2O2S/c1-8(2)9(3)17-12(18)7-19-11-6-4-5-10(15)13(11)14(16)20/h4-6,8-9H,7H2,1-3H3,(H2,16,20)(H,17,18). The molecule has 0 spiro atoms. The lowest BCUT2D eigenvalue weighted by Gasteiger charge is -2.18. The molecule has 1 atom stereocenters. The first-order valence-corrected chi connectivity index (χ1v) is 6.74. The predicted octanol–water partition coefficient (Wildman–Crippen LogP) is 2.00. The van der Waals surface area contributed by atoms with Gasteiger partial charge in [-0.15, -0.1) is 0 Å². The average Bonchev–Trinajstić information content (AvgIpc) is 2.35. The van der Waals surface area contributed by atoms with Crippen LogP contribution in [0, 0.1) is 11.7 Å². The molecule has 4 nitrogen and oxygen atoms in total. The van der Waals surface area contributed by atoms with E-state index in [9.17, 15) is 9.18 Å². The number of nitrogens with one attached hydrogen (secondary N) is 1. The molecule has 6 heteroatoms. The van der Waals surface area contributed by atoms with E-state index in [1.54, 1.807) is 0 Å². The van der Waals surface area contributed by atoms with Crippen molar-refractivity contribution in [3.63, 3.8) is 0 Å². The van der Waals surface area contributed by atoms with E-state index in [2.05, 4.69) is 5.32 Å². The quantitative estimate of drug-likeness (QED) is 0.789. The zero-order valence-corrected chi connectivity index (χ0v) is 12.6. The molecule has 1 rings (SSSR count). The van der Waals surface area contributed by atoms with Gasteiger partial charge in [-0.25, -0.2) is 4.39 Å². The molecule has 0 fully saturated rings. The summed E-state index contributed by atoms with van der Waals surface area (Å²) in [6, 6.07) is 4.27. The Kier molecular flexibility index (Phi) is 5.88. The van der Waals surface area contributed by atoms with E-state index >= 15 is 0 Å². The number of nitrogens with two attached hydrogens (primary N) is 1. The highest BCUT2D eigenvalue weighted by molar-refractivity contribution is 7.80. The van der Waals surface area contributed by atoms with Crippen LogP contribution in [-0.4, -0.2) is 23.5 Å². The molecule has 20 heavy (non-hydrogen) atoms. The molecule has 1 aromatic carbocycles. The SMILES string of the molecule is CC(C)C(C)NC(=O)COc1cccc(F)c1C(N)=S. The molecule has 0 aliphatic rings. The van der Waals surface area contributed by atoms with Gasteiger partial charge in [0.05, 0.1) is 5.56 Å². The van der Waals surface area contributed by atoms with Gasteiger partial charge >= 0.3 is 0 Å². The van der Waals surface area contributed by atoms with Crippen molar-refractivity contribution in [1.29, 1.82) is 0 Å². The molecule has 0 saturated heterocycles. The molecule has 0 aliphatic heterocycles. The highest BCUT2D eigenvalue weighted by atomic mass is 32.1. The zero-order chi connectivity index (χ0) is 15.3. The Balaban J connectivity index is 2.69. The number of hydrogen-bond acceptors (Lipinski definition) is 3. The zero-order valence-electron chi connectivity index (χ0n) is 11.8. The smallest absolute Gasteiger partial charge is 0.258 e. The maximum Gasteiger partial charge on any atom is 0.258 e. The summed E-state index contributed by atoms with van der Waals surface area (Å²) in [5.41, 5.74) is 5.47. The van der Waals surface area contributed by atoms with Crippen LogP contribution in [0.15, 0.2) is 18.2 Å². The van der Waals surface area contributed by atoms with Gasteiger partial charge in [-0.3, -0.25) is 4.79 Å². The number of halogens is 1. The third-order valence-electron chi connectivity index (χ3n) is 2.97. The molecule has 0 aromatic heterocycles. The lowest BCUT2D eigenvalue weighted by atomic mass is 10.1. The first kappa shape index (κ1) is 16.4. The monoisotopic (exact) mass is 298 g/mol. The topological polar surface area (TPSA) is 64.3 Å². The molecule has 1 unspecified atom stereocenters. The minimum absolute atomic E-state index is 0.0206. The summed E-state index contributed by atoms with van der Waals surface area (Å²) in [6.07, 6.45) is 0. The molecule has 0 saturated carbocycles. The van der Waals surface area contributed by atoms with Crippen molar-refractivity contribution in [2.24, 2.45) is 11.7 Å². The third-order valence-corrected chi connectivity index (χ3v) is 3.17. The van der Waals surface area contributed by atoms with Gasteiger partial charge in [0.25, 0.3) is 5.91 Å². The third kappa shape index (κ3) is 4.45. The van der Waals surface area contributed by atoms with Crippen molar-refractivity contribution in [2.75, 3.05) is 6.61 Å². The fourth-order valence-electron chi connectivity index (χ4n) is 1.47. The Labute approximate surface area is 123 Å². The summed E-state index contributed by atoms with van der Waals surface area (Å²) >= 11 is 4.78. The molecule has 0 aliphatic carbocycles. The van der Waals surface area contributed by atoms with Gasteiger partial charge in [0.15, 0.2) is 6.61 Å². The Morgan fingerprint density at radius 2 is 2.10 bits per heavy atom. The van der Waals surface area contributed by atoms with Crippen LogP contribution >= 0.6 is 12.2 Å². The molecular weight excluding hydrogens is 279 g/mol. The first-order chi connectivity index (χ1) is 9.32. The fourth-order valence-corrected chi connectivity index (χ4v) is 1.67. The van der Waals surface area contributed by atoms with Gasteiger partial charge in [-0.1, -0.05) is 32.1 Å². The Bertz CT molecular complexity index is 506. The van der Waals surface area contributed by atoms with Gasteiger partial charge in [0, 0.05) is 6.04 Å². The lowest BCUT2D eigenvalue weighted by molar-refractivity contribution is -0.124. The van der Waals surface area contributed by atoms with Crippen LogP contribution in [0.5, 0.6) is 5.75 Å². The van der Waals surface area contributed by atoms with Crippen LogP contribution in [0.4, 0.5) is 4.39 Å². The van der Waals surface area contributed by atoms with E-state index in [0.29, 0.717) is 5.92 Å². The van der Waals surface area contributed by atoms with Gasteiger partial charge < -0.3 is 15.8 Å².